The number of rotatable bonds is 10. The van der Waals surface area contributed by atoms with Gasteiger partial charge in [0.1, 0.15) is 11.1 Å². The molecule has 0 radical (unpaired) electrons. The Labute approximate surface area is 211 Å². The van der Waals surface area contributed by atoms with Crippen LogP contribution in [-0.4, -0.2) is 24.2 Å². The Balaban J connectivity index is 1.44. The highest BCUT2D eigenvalue weighted by Crippen LogP contribution is 2.44. The summed E-state index contributed by atoms with van der Waals surface area (Å²) in [6.45, 7) is 4.67. The molecule has 0 spiro atoms. The van der Waals surface area contributed by atoms with E-state index in [-0.39, 0.29) is 17.2 Å². The lowest BCUT2D eigenvalue weighted by Crippen LogP contribution is -2.28. The summed E-state index contributed by atoms with van der Waals surface area (Å²) in [5, 5.41) is 2.83. The van der Waals surface area contributed by atoms with Gasteiger partial charge in [0, 0.05) is 11.3 Å². The summed E-state index contributed by atoms with van der Waals surface area (Å²) in [7, 11) is 0. The van der Waals surface area contributed by atoms with Crippen molar-refractivity contribution in [1.82, 2.24) is 0 Å². The van der Waals surface area contributed by atoms with E-state index in [0.29, 0.717) is 23.7 Å². The normalized spacial score (nSPS) is 15.3. The highest BCUT2D eigenvalue weighted by molar-refractivity contribution is 8.00. The molecule has 4 rings (SSSR count). The first kappa shape index (κ1) is 24.9. The molecule has 0 aromatic heterocycles. The van der Waals surface area contributed by atoms with Crippen LogP contribution in [0.15, 0.2) is 72.8 Å². The average Bonchev–Trinajstić information content (AvgIpc) is 3.26. The number of ether oxygens (including phenoxy) is 1. The molecular weight excluding hydrogens is 456 g/mol. The molecular formula is C29H32N2O3S. The number of aryl methyl sites for hydroxylation is 1. The van der Waals surface area contributed by atoms with Gasteiger partial charge in [-0.25, -0.2) is 0 Å². The van der Waals surface area contributed by atoms with Crippen molar-refractivity contribution < 1.29 is 14.3 Å². The highest BCUT2D eigenvalue weighted by atomic mass is 32.2. The molecule has 2 amide bonds. The minimum Gasteiger partial charge on any atom is -0.492 e. The van der Waals surface area contributed by atoms with Crippen molar-refractivity contribution in [3.05, 3.63) is 89.5 Å². The summed E-state index contributed by atoms with van der Waals surface area (Å²) < 4.78 is 5.77. The van der Waals surface area contributed by atoms with Crippen molar-refractivity contribution >= 4 is 35.0 Å². The lowest BCUT2D eigenvalue weighted by molar-refractivity contribution is -0.115. The lowest BCUT2D eigenvalue weighted by atomic mass is 10.1. The second kappa shape index (κ2) is 11.9. The third-order valence-electron chi connectivity index (χ3n) is 6.03. The molecule has 0 saturated carbocycles. The zero-order valence-electron chi connectivity index (χ0n) is 20.3. The van der Waals surface area contributed by atoms with Gasteiger partial charge in [0.05, 0.1) is 18.0 Å². The standard InChI is InChI=1S/C29H32N2O3S/c1-3-5-6-9-21-12-14-22(15-13-21)28(33)30-24-18-16-23(17-19-24)29-31(27(32)20-35-29)25-10-7-8-11-26(25)34-4-2/h7-8,10-19,29H,3-6,9,20H2,1-2H3,(H,30,33)/t29-/m1/s1. The molecule has 1 heterocycles. The fourth-order valence-electron chi connectivity index (χ4n) is 4.20. The molecule has 0 aliphatic carbocycles. The Morgan fingerprint density at radius 1 is 1.00 bits per heavy atom. The van der Waals surface area contributed by atoms with Gasteiger partial charge in [-0.1, -0.05) is 56.2 Å². The SMILES string of the molecule is CCCCCc1ccc(C(=O)Nc2ccc([C@H]3SCC(=O)N3c3ccccc3OCC)cc2)cc1. The number of nitrogens with one attached hydrogen (secondary N) is 1. The van der Waals surface area contributed by atoms with E-state index in [0.717, 1.165) is 23.4 Å². The number of carbonyl (C=O) groups excluding carboxylic acids is 2. The highest BCUT2D eigenvalue weighted by Gasteiger charge is 2.35. The fraction of sp³-hybridized carbons (Fsp3) is 0.310. The first-order valence-electron chi connectivity index (χ1n) is 12.3. The second-order valence-corrected chi connectivity index (χ2v) is 9.63. The Kier molecular flexibility index (Phi) is 8.48. The molecule has 1 aliphatic heterocycles. The van der Waals surface area contributed by atoms with Gasteiger partial charge in [0.15, 0.2) is 0 Å². The molecule has 0 bridgehead atoms. The van der Waals surface area contributed by atoms with Crippen molar-refractivity contribution in [3.8, 4) is 5.75 Å². The van der Waals surface area contributed by atoms with E-state index in [1.54, 1.807) is 11.8 Å². The van der Waals surface area contributed by atoms with E-state index in [1.807, 2.05) is 84.6 Å². The molecule has 0 unspecified atom stereocenters. The smallest absolute Gasteiger partial charge is 0.255 e. The van der Waals surface area contributed by atoms with Crippen LogP contribution < -0.4 is 15.0 Å². The minimum atomic E-state index is -0.144. The fourth-order valence-corrected chi connectivity index (χ4v) is 5.37. The maximum Gasteiger partial charge on any atom is 0.255 e. The van der Waals surface area contributed by atoms with Gasteiger partial charge in [-0.05, 0) is 67.3 Å². The van der Waals surface area contributed by atoms with Crippen molar-refractivity contribution in [1.29, 1.82) is 0 Å². The van der Waals surface area contributed by atoms with Gasteiger partial charge in [0.2, 0.25) is 5.91 Å². The van der Waals surface area contributed by atoms with Crippen LogP contribution in [0.3, 0.4) is 0 Å². The maximum atomic E-state index is 12.8. The van der Waals surface area contributed by atoms with Crippen LogP contribution in [0.4, 0.5) is 11.4 Å². The number of hydrogen-bond donors (Lipinski definition) is 1. The van der Waals surface area contributed by atoms with Gasteiger partial charge < -0.3 is 10.1 Å². The monoisotopic (exact) mass is 488 g/mol. The first-order valence-corrected chi connectivity index (χ1v) is 13.3. The van der Waals surface area contributed by atoms with Crippen LogP contribution >= 0.6 is 11.8 Å². The summed E-state index contributed by atoms with van der Waals surface area (Å²) in [6, 6.07) is 23.2. The van der Waals surface area contributed by atoms with E-state index in [4.69, 9.17) is 4.74 Å². The van der Waals surface area contributed by atoms with Crippen LogP contribution in [0.5, 0.6) is 5.75 Å². The molecule has 6 heteroatoms. The third-order valence-corrected chi connectivity index (χ3v) is 7.24. The van der Waals surface area contributed by atoms with Crippen molar-refractivity contribution in [2.75, 3.05) is 22.6 Å². The molecule has 1 fully saturated rings. The quantitative estimate of drug-likeness (QED) is 0.317. The number of nitrogens with zero attached hydrogens (tertiary/aromatic N) is 1. The predicted molar refractivity (Wildman–Crippen MR) is 144 cm³/mol. The van der Waals surface area contributed by atoms with E-state index < -0.39 is 0 Å². The zero-order valence-corrected chi connectivity index (χ0v) is 21.1. The molecule has 1 saturated heterocycles. The number of amides is 2. The number of hydrogen-bond acceptors (Lipinski definition) is 4. The van der Waals surface area contributed by atoms with Gasteiger partial charge >= 0.3 is 0 Å². The van der Waals surface area contributed by atoms with Crippen molar-refractivity contribution in [2.45, 2.75) is 44.9 Å². The number of para-hydroxylation sites is 2. The van der Waals surface area contributed by atoms with E-state index in [2.05, 4.69) is 12.2 Å². The predicted octanol–water partition coefficient (Wildman–Crippen LogP) is 6.85. The molecule has 3 aromatic rings. The van der Waals surface area contributed by atoms with Crippen molar-refractivity contribution in [2.24, 2.45) is 0 Å². The van der Waals surface area contributed by atoms with Crippen LogP contribution in [-0.2, 0) is 11.2 Å². The molecule has 1 aliphatic rings. The topological polar surface area (TPSA) is 58.6 Å². The Bertz CT molecular complexity index is 1150. The van der Waals surface area contributed by atoms with Crippen LogP contribution in [0.25, 0.3) is 0 Å². The van der Waals surface area contributed by atoms with E-state index in [9.17, 15) is 9.59 Å². The largest absolute Gasteiger partial charge is 0.492 e. The molecule has 5 nitrogen and oxygen atoms in total. The van der Waals surface area contributed by atoms with E-state index >= 15 is 0 Å². The number of carbonyl (C=O) groups is 2. The number of anilines is 2. The molecule has 1 atom stereocenters. The summed E-state index contributed by atoms with van der Waals surface area (Å²) >= 11 is 1.59. The van der Waals surface area contributed by atoms with Crippen LogP contribution in [0.2, 0.25) is 0 Å². The number of benzene rings is 3. The zero-order chi connectivity index (χ0) is 24.6. The van der Waals surface area contributed by atoms with Gasteiger partial charge in [0.25, 0.3) is 5.91 Å². The Hall–Kier alpha value is -3.25. The van der Waals surface area contributed by atoms with Gasteiger partial charge in [-0.3, -0.25) is 14.5 Å². The summed E-state index contributed by atoms with van der Waals surface area (Å²) in [4.78, 5) is 27.3. The summed E-state index contributed by atoms with van der Waals surface area (Å²) in [5.41, 5.74) is 4.41. The van der Waals surface area contributed by atoms with Crippen molar-refractivity contribution in [3.63, 3.8) is 0 Å². The molecule has 1 N–H and O–H groups in total. The Morgan fingerprint density at radius 3 is 2.46 bits per heavy atom. The number of thioether (sulfide) groups is 1. The van der Waals surface area contributed by atoms with Gasteiger partial charge in [-0.2, -0.15) is 0 Å². The molecule has 3 aromatic carbocycles. The van der Waals surface area contributed by atoms with Crippen LogP contribution in [0, 0.1) is 0 Å². The third kappa shape index (κ3) is 6.06. The first-order chi connectivity index (χ1) is 17.1. The Morgan fingerprint density at radius 2 is 1.74 bits per heavy atom. The molecule has 35 heavy (non-hydrogen) atoms. The number of unbranched alkanes of at least 4 members (excludes halogenated alkanes) is 2. The minimum absolute atomic E-state index is 0.0580. The second-order valence-electron chi connectivity index (χ2n) is 8.56. The summed E-state index contributed by atoms with van der Waals surface area (Å²) in [5.74, 6) is 1.05. The average molecular weight is 489 g/mol. The van der Waals surface area contributed by atoms with E-state index in [1.165, 1.54) is 24.8 Å². The maximum absolute atomic E-state index is 12.8. The van der Waals surface area contributed by atoms with Gasteiger partial charge in [-0.15, -0.1) is 11.8 Å². The lowest BCUT2D eigenvalue weighted by Gasteiger charge is -2.26. The van der Waals surface area contributed by atoms with Crippen LogP contribution in [0.1, 0.15) is 60.0 Å². The molecule has 182 valence electrons. The summed E-state index contributed by atoms with van der Waals surface area (Å²) in [6.07, 6.45) is 4.65.